The molecule has 72 valence electrons. The molecule has 0 atom stereocenters. The maximum Gasteiger partial charge on any atom is 0.248 e. The summed E-state index contributed by atoms with van der Waals surface area (Å²) in [5.74, 6) is 0. The van der Waals surface area contributed by atoms with Crippen LogP contribution >= 0.6 is 0 Å². The Morgan fingerprint density at radius 2 is 2.29 bits per heavy atom. The Bertz CT molecular complexity index is 426. The Morgan fingerprint density at radius 3 is 2.93 bits per heavy atom. The lowest BCUT2D eigenvalue weighted by atomic mass is 10.4. The summed E-state index contributed by atoms with van der Waals surface area (Å²) in [6, 6.07) is 5.10. The third-order valence-corrected chi connectivity index (χ3v) is 1.83. The maximum absolute atomic E-state index is 10.8. The van der Waals surface area contributed by atoms with E-state index >= 15 is 0 Å². The molecule has 2 aromatic rings. The monoisotopic (exact) mass is 190 g/mol. The highest BCUT2D eigenvalue weighted by molar-refractivity contribution is 5.39. The summed E-state index contributed by atoms with van der Waals surface area (Å²) in [5, 5.41) is 9.79. The predicted octanol–water partition coefficient (Wildman–Crippen LogP) is 0.710. The van der Waals surface area contributed by atoms with Crippen LogP contribution in [0.5, 0.6) is 0 Å². The van der Waals surface area contributed by atoms with Crippen molar-refractivity contribution in [1.82, 2.24) is 15.2 Å². The third-order valence-electron chi connectivity index (χ3n) is 1.83. The van der Waals surface area contributed by atoms with Crippen LogP contribution in [-0.2, 0) is 6.54 Å². The summed E-state index contributed by atoms with van der Waals surface area (Å²) in [7, 11) is 0. The summed E-state index contributed by atoms with van der Waals surface area (Å²) in [6.45, 7) is 0.659. The van der Waals surface area contributed by atoms with E-state index in [1.54, 1.807) is 18.5 Å². The number of H-pyrrole nitrogens is 2. The van der Waals surface area contributed by atoms with Gasteiger partial charge in [-0.15, -0.1) is 0 Å². The highest BCUT2D eigenvalue weighted by Crippen LogP contribution is 2.02. The van der Waals surface area contributed by atoms with Crippen molar-refractivity contribution >= 4 is 5.69 Å². The van der Waals surface area contributed by atoms with E-state index < -0.39 is 0 Å². The number of anilines is 1. The second kappa shape index (κ2) is 3.78. The molecule has 2 aromatic heterocycles. The van der Waals surface area contributed by atoms with Crippen LogP contribution in [0.25, 0.3) is 0 Å². The van der Waals surface area contributed by atoms with Crippen molar-refractivity contribution in [3.63, 3.8) is 0 Å². The van der Waals surface area contributed by atoms with Crippen molar-refractivity contribution in [1.29, 1.82) is 0 Å². The number of pyridine rings is 1. The molecule has 0 aromatic carbocycles. The van der Waals surface area contributed by atoms with E-state index in [0.717, 1.165) is 11.4 Å². The summed E-state index contributed by atoms with van der Waals surface area (Å²) in [4.78, 5) is 13.3. The van der Waals surface area contributed by atoms with E-state index in [1.165, 1.54) is 6.07 Å². The fraction of sp³-hybridized carbons (Fsp3) is 0.111. The van der Waals surface area contributed by atoms with Crippen molar-refractivity contribution in [2.75, 3.05) is 5.32 Å². The third kappa shape index (κ3) is 2.01. The van der Waals surface area contributed by atoms with E-state index in [1.807, 2.05) is 6.07 Å². The quantitative estimate of drug-likeness (QED) is 0.667. The summed E-state index contributed by atoms with van der Waals surface area (Å²) in [6.07, 6.45) is 3.34. The molecular weight excluding hydrogens is 180 g/mol. The van der Waals surface area contributed by atoms with Gasteiger partial charge in [-0.05, 0) is 12.1 Å². The zero-order valence-electron chi connectivity index (χ0n) is 7.45. The lowest BCUT2D eigenvalue weighted by Gasteiger charge is -2.02. The summed E-state index contributed by atoms with van der Waals surface area (Å²) < 4.78 is 0. The van der Waals surface area contributed by atoms with Crippen molar-refractivity contribution in [2.45, 2.75) is 6.54 Å². The van der Waals surface area contributed by atoms with Gasteiger partial charge in [-0.1, -0.05) is 0 Å². The zero-order valence-corrected chi connectivity index (χ0v) is 7.45. The molecule has 5 nitrogen and oxygen atoms in total. The number of nitrogens with one attached hydrogen (secondary N) is 3. The van der Waals surface area contributed by atoms with E-state index in [9.17, 15) is 4.79 Å². The van der Waals surface area contributed by atoms with Crippen molar-refractivity contribution in [3.8, 4) is 0 Å². The van der Waals surface area contributed by atoms with Gasteiger partial charge in [-0.25, -0.2) is 0 Å². The molecule has 0 saturated carbocycles. The van der Waals surface area contributed by atoms with E-state index in [-0.39, 0.29) is 5.56 Å². The van der Waals surface area contributed by atoms with Crippen LogP contribution in [-0.4, -0.2) is 15.2 Å². The van der Waals surface area contributed by atoms with Gasteiger partial charge >= 0.3 is 0 Å². The molecule has 0 radical (unpaired) electrons. The molecule has 0 unspecified atom stereocenters. The molecule has 0 aliphatic heterocycles. The van der Waals surface area contributed by atoms with Gasteiger partial charge in [0.15, 0.2) is 0 Å². The highest BCUT2D eigenvalue weighted by Gasteiger charge is 1.93. The molecule has 0 aliphatic rings. The number of aromatic nitrogens is 3. The molecule has 0 saturated heterocycles. The smallest absolute Gasteiger partial charge is 0.248 e. The van der Waals surface area contributed by atoms with Crippen LogP contribution in [0.15, 0.2) is 35.4 Å². The minimum absolute atomic E-state index is 0.0999. The number of rotatable bonds is 3. The second-order valence-electron chi connectivity index (χ2n) is 2.88. The normalized spacial score (nSPS) is 10.0. The van der Waals surface area contributed by atoms with Crippen LogP contribution in [0.4, 0.5) is 5.69 Å². The topological polar surface area (TPSA) is 73.6 Å². The first-order chi connectivity index (χ1) is 6.84. The average molecular weight is 190 g/mol. The molecule has 2 heterocycles. The maximum atomic E-state index is 10.8. The van der Waals surface area contributed by atoms with Crippen LogP contribution in [0.2, 0.25) is 0 Å². The highest BCUT2D eigenvalue weighted by atomic mass is 16.1. The minimum Gasteiger partial charge on any atom is -0.378 e. The molecule has 0 spiro atoms. The van der Waals surface area contributed by atoms with Crippen LogP contribution in [0, 0.1) is 0 Å². The first kappa shape index (κ1) is 8.55. The Balaban J connectivity index is 1.99. The minimum atomic E-state index is -0.0999. The number of hydrogen-bond donors (Lipinski definition) is 3. The average Bonchev–Trinajstić information content (AvgIpc) is 2.70. The number of aromatic amines is 2. The number of hydrogen-bond acceptors (Lipinski definition) is 3. The van der Waals surface area contributed by atoms with Gasteiger partial charge in [0.1, 0.15) is 0 Å². The Morgan fingerprint density at radius 1 is 1.36 bits per heavy atom. The molecule has 0 fully saturated rings. The predicted molar refractivity (Wildman–Crippen MR) is 53.0 cm³/mol. The molecule has 2 rings (SSSR count). The summed E-state index contributed by atoms with van der Waals surface area (Å²) in [5.41, 5.74) is 1.77. The zero-order chi connectivity index (χ0) is 9.80. The Kier molecular flexibility index (Phi) is 2.31. The van der Waals surface area contributed by atoms with Gasteiger partial charge in [0.05, 0.1) is 17.9 Å². The van der Waals surface area contributed by atoms with E-state index in [0.29, 0.717) is 6.54 Å². The van der Waals surface area contributed by atoms with Crippen LogP contribution in [0.1, 0.15) is 5.69 Å². The number of nitrogens with zero attached hydrogens (tertiary/aromatic N) is 1. The van der Waals surface area contributed by atoms with Crippen molar-refractivity contribution in [2.24, 2.45) is 0 Å². The van der Waals surface area contributed by atoms with Gasteiger partial charge in [0, 0.05) is 18.5 Å². The standard InChI is InChI=1S/C9H10N4O/c14-9-2-1-7(5-11-9)10-6-8-3-4-12-13-8/h1-5,10H,6H2,(H,11,14)(H,12,13). The van der Waals surface area contributed by atoms with Crippen LogP contribution < -0.4 is 10.9 Å². The molecule has 3 N–H and O–H groups in total. The molecular formula is C9H10N4O. The fourth-order valence-corrected chi connectivity index (χ4v) is 1.10. The van der Waals surface area contributed by atoms with Crippen LogP contribution in [0.3, 0.4) is 0 Å². The molecule has 0 bridgehead atoms. The molecule has 14 heavy (non-hydrogen) atoms. The van der Waals surface area contributed by atoms with Gasteiger partial charge in [-0.2, -0.15) is 5.10 Å². The first-order valence-electron chi connectivity index (χ1n) is 4.25. The summed E-state index contributed by atoms with van der Waals surface area (Å²) >= 11 is 0. The molecule has 5 heteroatoms. The van der Waals surface area contributed by atoms with E-state index in [2.05, 4.69) is 20.5 Å². The largest absolute Gasteiger partial charge is 0.378 e. The molecule has 0 aliphatic carbocycles. The van der Waals surface area contributed by atoms with Gasteiger partial charge in [-0.3, -0.25) is 9.89 Å². The van der Waals surface area contributed by atoms with Gasteiger partial charge < -0.3 is 10.3 Å². The SMILES string of the molecule is O=c1ccc(NCc2ccn[nH]2)c[nH]1. The van der Waals surface area contributed by atoms with E-state index in [4.69, 9.17) is 0 Å². The lowest BCUT2D eigenvalue weighted by Crippen LogP contribution is -2.05. The van der Waals surface area contributed by atoms with Gasteiger partial charge in [0.2, 0.25) is 5.56 Å². The van der Waals surface area contributed by atoms with Crippen molar-refractivity contribution in [3.05, 3.63) is 46.6 Å². The Labute approximate surface area is 80.2 Å². The first-order valence-corrected chi connectivity index (χ1v) is 4.25. The van der Waals surface area contributed by atoms with Crippen molar-refractivity contribution < 1.29 is 0 Å². The lowest BCUT2D eigenvalue weighted by molar-refractivity contribution is 0.979. The fourth-order valence-electron chi connectivity index (χ4n) is 1.10. The van der Waals surface area contributed by atoms with Gasteiger partial charge in [0.25, 0.3) is 0 Å². The Hall–Kier alpha value is -2.04. The second-order valence-corrected chi connectivity index (χ2v) is 2.88. The molecule has 0 amide bonds.